The minimum Gasteiger partial charge on any atom is -0.375 e. The van der Waals surface area contributed by atoms with E-state index in [1.54, 1.807) is 7.11 Å². The van der Waals surface area contributed by atoms with E-state index in [-0.39, 0.29) is 12.5 Å². The van der Waals surface area contributed by atoms with Gasteiger partial charge in [0, 0.05) is 38.9 Å². The number of hydrogen-bond acceptors (Lipinski definition) is 4. The molecule has 6 heteroatoms. The number of nitrogens with zero attached hydrogens (tertiary/aromatic N) is 4. The lowest BCUT2D eigenvalue weighted by Gasteiger charge is -2.33. The van der Waals surface area contributed by atoms with E-state index < -0.39 is 0 Å². The molecule has 4 rings (SSSR count). The van der Waals surface area contributed by atoms with Crippen molar-refractivity contribution < 1.29 is 9.53 Å². The molecular formula is C20H28N4O2. The van der Waals surface area contributed by atoms with E-state index >= 15 is 0 Å². The van der Waals surface area contributed by atoms with Crippen LogP contribution in [-0.2, 0) is 16.0 Å². The predicted molar refractivity (Wildman–Crippen MR) is 99.9 cm³/mol. The number of aromatic nitrogens is 3. The SMILES string of the molecule is COCC(=O)N1CCC(n2c(CC3CCCC3)nc3cccnc32)CC1. The number of carbonyl (C=O) groups is 1. The van der Waals surface area contributed by atoms with Crippen LogP contribution in [0.2, 0.25) is 0 Å². The van der Waals surface area contributed by atoms with Crippen LogP contribution in [0.3, 0.4) is 0 Å². The van der Waals surface area contributed by atoms with Crippen molar-refractivity contribution in [1.29, 1.82) is 0 Å². The average molecular weight is 356 g/mol. The summed E-state index contributed by atoms with van der Waals surface area (Å²) in [6.45, 7) is 1.73. The molecule has 0 spiro atoms. The van der Waals surface area contributed by atoms with Crippen LogP contribution < -0.4 is 0 Å². The van der Waals surface area contributed by atoms with E-state index in [1.165, 1.54) is 31.5 Å². The van der Waals surface area contributed by atoms with E-state index in [0.29, 0.717) is 6.04 Å². The molecule has 140 valence electrons. The number of amides is 1. The number of pyridine rings is 1. The molecule has 26 heavy (non-hydrogen) atoms. The Morgan fingerprint density at radius 3 is 2.73 bits per heavy atom. The van der Waals surface area contributed by atoms with E-state index in [0.717, 1.165) is 49.4 Å². The topological polar surface area (TPSA) is 60.2 Å². The van der Waals surface area contributed by atoms with Gasteiger partial charge in [0.1, 0.15) is 17.9 Å². The van der Waals surface area contributed by atoms with Gasteiger partial charge in [-0.25, -0.2) is 9.97 Å². The molecule has 1 aliphatic carbocycles. The Morgan fingerprint density at radius 2 is 2.00 bits per heavy atom. The molecule has 1 saturated heterocycles. The second kappa shape index (κ2) is 7.74. The second-order valence-corrected chi connectivity index (χ2v) is 7.64. The third kappa shape index (κ3) is 3.47. The minimum absolute atomic E-state index is 0.0887. The summed E-state index contributed by atoms with van der Waals surface area (Å²) in [7, 11) is 1.57. The molecule has 2 aromatic rings. The van der Waals surface area contributed by atoms with Crippen molar-refractivity contribution in [3.05, 3.63) is 24.2 Å². The lowest BCUT2D eigenvalue weighted by molar-refractivity contribution is -0.136. The molecule has 3 heterocycles. The van der Waals surface area contributed by atoms with Crippen LogP contribution in [-0.4, -0.2) is 52.1 Å². The molecule has 0 bridgehead atoms. The highest BCUT2D eigenvalue weighted by Gasteiger charge is 2.28. The molecule has 1 aliphatic heterocycles. The first-order chi connectivity index (χ1) is 12.8. The van der Waals surface area contributed by atoms with Crippen LogP contribution in [0.1, 0.15) is 50.4 Å². The van der Waals surface area contributed by atoms with E-state index in [1.807, 2.05) is 17.2 Å². The summed E-state index contributed by atoms with van der Waals surface area (Å²) < 4.78 is 7.37. The summed E-state index contributed by atoms with van der Waals surface area (Å²) in [4.78, 5) is 23.6. The summed E-state index contributed by atoms with van der Waals surface area (Å²) in [5, 5.41) is 0. The maximum Gasteiger partial charge on any atom is 0.248 e. The van der Waals surface area contributed by atoms with Crippen molar-refractivity contribution in [2.45, 2.75) is 51.0 Å². The normalized spacial score (nSPS) is 19.5. The largest absolute Gasteiger partial charge is 0.375 e. The van der Waals surface area contributed by atoms with Gasteiger partial charge < -0.3 is 14.2 Å². The van der Waals surface area contributed by atoms with Gasteiger partial charge in [-0.05, 0) is 30.9 Å². The van der Waals surface area contributed by atoms with Crippen LogP contribution in [0.5, 0.6) is 0 Å². The number of hydrogen-bond donors (Lipinski definition) is 0. The van der Waals surface area contributed by atoms with E-state index in [4.69, 9.17) is 9.72 Å². The molecule has 6 nitrogen and oxygen atoms in total. The number of imidazole rings is 1. The first-order valence-electron chi connectivity index (χ1n) is 9.85. The molecule has 1 amide bonds. The molecule has 2 aliphatic rings. The molecule has 2 aromatic heterocycles. The number of likely N-dealkylation sites (tertiary alicyclic amines) is 1. The highest BCUT2D eigenvalue weighted by Crippen LogP contribution is 2.32. The summed E-state index contributed by atoms with van der Waals surface area (Å²) in [5.74, 6) is 2.03. The van der Waals surface area contributed by atoms with Crippen LogP contribution in [0, 0.1) is 5.92 Å². The standard InChI is InChI=1S/C20H28N4O2/c1-26-14-19(25)23-11-8-16(9-12-23)24-18(13-15-5-2-3-6-15)22-17-7-4-10-21-20(17)24/h4,7,10,15-16H,2-3,5-6,8-9,11-14H2,1H3. The van der Waals surface area contributed by atoms with Gasteiger partial charge in [-0.2, -0.15) is 0 Å². The summed E-state index contributed by atoms with van der Waals surface area (Å²) in [6.07, 6.45) is 10.2. The lowest BCUT2D eigenvalue weighted by Crippen LogP contribution is -2.41. The highest BCUT2D eigenvalue weighted by molar-refractivity contribution is 5.77. The summed E-state index contributed by atoms with van der Waals surface area (Å²) >= 11 is 0. The summed E-state index contributed by atoms with van der Waals surface area (Å²) in [5.41, 5.74) is 2.00. The smallest absolute Gasteiger partial charge is 0.248 e. The Kier molecular flexibility index (Phi) is 5.20. The van der Waals surface area contributed by atoms with Crippen molar-refractivity contribution >= 4 is 17.1 Å². The van der Waals surface area contributed by atoms with Crippen LogP contribution in [0.25, 0.3) is 11.2 Å². The quantitative estimate of drug-likeness (QED) is 0.826. The fourth-order valence-corrected chi connectivity index (χ4v) is 4.57. The van der Waals surface area contributed by atoms with Gasteiger partial charge in [0.15, 0.2) is 5.65 Å². The third-order valence-electron chi connectivity index (χ3n) is 5.92. The van der Waals surface area contributed by atoms with Gasteiger partial charge in [-0.1, -0.05) is 25.7 Å². The second-order valence-electron chi connectivity index (χ2n) is 7.64. The Balaban J connectivity index is 1.56. The monoisotopic (exact) mass is 356 g/mol. The Morgan fingerprint density at radius 1 is 1.23 bits per heavy atom. The van der Waals surface area contributed by atoms with Crippen molar-refractivity contribution in [3.8, 4) is 0 Å². The minimum atomic E-state index is 0.0887. The van der Waals surface area contributed by atoms with Crippen LogP contribution in [0.15, 0.2) is 18.3 Å². The fourth-order valence-electron chi connectivity index (χ4n) is 4.57. The first-order valence-corrected chi connectivity index (χ1v) is 9.85. The fraction of sp³-hybridized carbons (Fsp3) is 0.650. The number of methoxy groups -OCH3 is 1. The predicted octanol–water partition coefficient (Wildman–Crippen LogP) is 2.97. The Labute approximate surface area is 154 Å². The molecular weight excluding hydrogens is 328 g/mol. The van der Waals surface area contributed by atoms with Crippen molar-refractivity contribution in [2.75, 3.05) is 26.8 Å². The number of fused-ring (bicyclic) bond motifs is 1. The van der Waals surface area contributed by atoms with Gasteiger partial charge in [0.2, 0.25) is 5.91 Å². The van der Waals surface area contributed by atoms with Gasteiger partial charge >= 0.3 is 0 Å². The van der Waals surface area contributed by atoms with Gasteiger partial charge in [-0.15, -0.1) is 0 Å². The first kappa shape index (κ1) is 17.5. The van der Waals surface area contributed by atoms with Gasteiger partial charge in [0.25, 0.3) is 0 Å². The van der Waals surface area contributed by atoms with Crippen LogP contribution in [0.4, 0.5) is 0 Å². The van der Waals surface area contributed by atoms with Crippen molar-refractivity contribution in [2.24, 2.45) is 5.92 Å². The lowest BCUT2D eigenvalue weighted by atomic mass is 10.0. The zero-order chi connectivity index (χ0) is 17.9. The van der Waals surface area contributed by atoms with E-state index in [9.17, 15) is 4.79 Å². The maximum atomic E-state index is 12.1. The Bertz CT molecular complexity index is 758. The number of carbonyl (C=O) groups excluding carboxylic acids is 1. The number of rotatable bonds is 5. The zero-order valence-corrected chi connectivity index (χ0v) is 15.6. The van der Waals surface area contributed by atoms with E-state index in [2.05, 4.69) is 15.6 Å². The average Bonchev–Trinajstić information content (AvgIpc) is 3.29. The molecule has 1 saturated carbocycles. The van der Waals surface area contributed by atoms with Crippen molar-refractivity contribution in [3.63, 3.8) is 0 Å². The molecule has 0 radical (unpaired) electrons. The number of piperidine rings is 1. The highest BCUT2D eigenvalue weighted by atomic mass is 16.5. The van der Waals surface area contributed by atoms with Gasteiger partial charge in [0.05, 0.1) is 0 Å². The van der Waals surface area contributed by atoms with Crippen molar-refractivity contribution in [1.82, 2.24) is 19.4 Å². The zero-order valence-electron chi connectivity index (χ0n) is 15.6. The molecule has 0 N–H and O–H groups in total. The molecule has 2 fully saturated rings. The molecule has 0 aromatic carbocycles. The summed E-state index contributed by atoms with van der Waals surface area (Å²) in [6, 6.07) is 4.40. The molecule has 0 atom stereocenters. The Hall–Kier alpha value is -1.95. The third-order valence-corrected chi connectivity index (χ3v) is 5.92. The maximum absolute atomic E-state index is 12.1. The van der Waals surface area contributed by atoms with Gasteiger partial charge in [-0.3, -0.25) is 4.79 Å². The molecule has 0 unspecified atom stereocenters. The number of ether oxygens (including phenoxy) is 1. The van der Waals surface area contributed by atoms with Crippen LogP contribution >= 0.6 is 0 Å².